The van der Waals surface area contributed by atoms with Crippen molar-refractivity contribution in [3.63, 3.8) is 0 Å². The number of benzene rings is 4. The van der Waals surface area contributed by atoms with Crippen LogP contribution in [0.25, 0.3) is 0 Å². The number of hydrogen-bond acceptors (Lipinski definition) is 5. The van der Waals surface area contributed by atoms with Crippen molar-refractivity contribution in [2.45, 2.75) is 33.8 Å². The maximum Gasteiger partial charge on any atom is 0.339 e. The Kier molecular flexibility index (Phi) is 11.2. The van der Waals surface area contributed by atoms with Crippen molar-refractivity contribution in [3.8, 4) is 29.8 Å². The average molecular weight is 580 g/mol. The second kappa shape index (κ2) is 15.7. The lowest BCUT2D eigenvalue weighted by Gasteiger charge is -2.20. The van der Waals surface area contributed by atoms with Crippen LogP contribution in [0.3, 0.4) is 0 Å². The third kappa shape index (κ3) is 8.32. The van der Waals surface area contributed by atoms with E-state index in [1.54, 1.807) is 36.4 Å². The van der Waals surface area contributed by atoms with Crippen LogP contribution in [0.15, 0.2) is 97.1 Å². The minimum Gasteiger partial charge on any atom is -0.438 e. The highest BCUT2D eigenvalue weighted by molar-refractivity contribution is 5.89. The zero-order valence-electron chi connectivity index (χ0n) is 25.8. The van der Waals surface area contributed by atoms with Crippen molar-refractivity contribution < 1.29 is 9.53 Å². The number of rotatable bonds is 9. The van der Waals surface area contributed by atoms with Crippen molar-refractivity contribution in [2.24, 2.45) is 0 Å². The van der Waals surface area contributed by atoms with Crippen LogP contribution < -0.4 is 9.80 Å². The Bertz CT molecular complexity index is 1690. The molecule has 0 aliphatic carbocycles. The molecule has 0 saturated carbocycles. The van der Waals surface area contributed by atoms with Gasteiger partial charge in [0, 0.05) is 65.4 Å². The number of carbonyl (C=O) groups excluding carboxylic acids is 1. The van der Waals surface area contributed by atoms with Gasteiger partial charge in [0.15, 0.2) is 0 Å². The Labute approximate surface area is 261 Å². The molecule has 0 spiro atoms. The zero-order valence-corrected chi connectivity index (χ0v) is 25.8. The van der Waals surface area contributed by atoms with Crippen LogP contribution in [-0.4, -0.2) is 32.1 Å². The number of carbonyl (C=O) groups is 1. The molecular weight excluding hydrogens is 542 g/mol. The van der Waals surface area contributed by atoms with E-state index in [4.69, 9.17) is 4.74 Å². The summed E-state index contributed by atoms with van der Waals surface area (Å²) < 4.78 is 5.53. The van der Waals surface area contributed by atoms with Gasteiger partial charge in [-0.1, -0.05) is 35.8 Å². The van der Waals surface area contributed by atoms with Crippen LogP contribution in [0.1, 0.15) is 72.0 Å². The standard InChI is InChI=1S/C39H37N3O2/c1-5-41(6-2)36-25-17-32(18-26-36)11-9-30-13-21-34(22-14-30)38(29-40)44-39(43)35-23-15-31(16-24-35)10-12-33-19-27-37(28-20-33)42(7-3)8-4/h13-28,38H,5-8H2,1-4H3. The fraction of sp³-hybridized carbons (Fsp3) is 0.231. The highest BCUT2D eigenvalue weighted by atomic mass is 16.5. The summed E-state index contributed by atoms with van der Waals surface area (Å²) in [5.74, 6) is 12.1. The molecule has 44 heavy (non-hydrogen) atoms. The van der Waals surface area contributed by atoms with Crippen LogP contribution >= 0.6 is 0 Å². The predicted molar refractivity (Wildman–Crippen MR) is 179 cm³/mol. The molecule has 220 valence electrons. The van der Waals surface area contributed by atoms with Crippen molar-refractivity contribution >= 4 is 17.3 Å². The van der Waals surface area contributed by atoms with E-state index in [0.717, 1.165) is 48.4 Å². The summed E-state index contributed by atoms with van der Waals surface area (Å²) in [7, 11) is 0. The summed E-state index contributed by atoms with van der Waals surface area (Å²) in [5, 5.41) is 9.71. The summed E-state index contributed by atoms with van der Waals surface area (Å²) in [6.07, 6.45) is -1.03. The van der Waals surface area contributed by atoms with Gasteiger partial charge in [-0.25, -0.2) is 4.79 Å². The molecule has 1 unspecified atom stereocenters. The van der Waals surface area contributed by atoms with Crippen LogP contribution in [0.4, 0.5) is 11.4 Å². The maximum absolute atomic E-state index is 12.8. The van der Waals surface area contributed by atoms with Gasteiger partial charge in [-0.15, -0.1) is 0 Å². The molecule has 0 fully saturated rings. The number of anilines is 2. The molecule has 0 aliphatic heterocycles. The van der Waals surface area contributed by atoms with Gasteiger partial charge < -0.3 is 14.5 Å². The summed E-state index contributed by atoms with van der Waals surface area (Å²) >= 11 is 0. The first-order valence-electron chi connectivity index (χ1n) is 15.0. The highest BCUT2D eigenvalue weighted by Gasteiger charge is 2.17. The topological polar surface area (TPSA) is 56.6 Å². The first-order valence-corrected chi connectivity index (χ1v) is 15.0. The lowest BCUT2D eigenvalue weighted by Crippen LogP contribution is -2.21. The lowest BCUT2D eigenvalue weighted by atomic mass is 10.1. The normalized spacial score (nSPS) is 10.7. The van der Waals surface area contributed by atoms with Gasteiger partial charge in [0.05, 0.1) is 5.56 Å². The van der Waals surface area contributed by atoms with Gasteiger partial charge in [-0.2, -0.15) is 5.26 Å². The van der Waals surface area contributed by atoms with Crippen molar-refractivity contribution in [2.75, 3.05) is 36.0 Å². The molecule has 5 heteroatoms. The Morgan fingerprint density at radius 3 is 1.27 bits per heavy atom. The Hall–Kier alpha value is -5.44. The second-order valence-corrected chi connectivity index (χ2v) is 10.1. The molecule has 0 aromatic heterocycles. The molecule has 0 saturated heterocycles. The van der Waals surface area contributed by atoms with Crippen molar-refractivity contribution in [1.29, 1.82) is 5.26 Å². The zero-order chi connectivity index (χ0) is 31.3. The molecule has 0 heterocycles. The minimum absolute atomic E-state index is 0.355. The number of nitriles is 1. The fourth-order valence-electron chi connectivity index (χ4n) is 4.75. The first kappa shape index (κ1) is 31.5. The Morgan fingerprint density at radius 1 is 0.591 bits per heavy atom. The van der Waals surface area contributed by atoms with E-state index in [9.17, 15) is 10.1 Å². The summed E-state index contributed by atoms with van der Waals surface area (Å²) in [6, 6.07) is 32.5. The van der Waals surface area contributed by atoms with Crippen LogP contribution in [0.5, 0.6) is 0 Å². The van der Waals surface area contributed by atoms with E-state index in [1.807, 2.05) is 36.4 Å². The largest absolute Gasteiger partial charge is 0.438 e. The van der Waals surface area contributed by atoms with Crippen LogP contribution in [0.2, 0.25) is 0 Å². The molecule has 5 nitrogen and oxygen atoms in total. The van der Waals surface area contributed by atoms with Crippen LogP contribution in [0, 0.1) is 35.0 Å². The van der Waals surface area contributed by atoms with E-state index in [-0.39, 0.29) is 0 Å². The predicted octanol–water partition coefficient (Wildman–Crippen LogP) is 7.60. The number of nitrogens with zero attached hydrogens (tertiary/aromatic N) is 3. The van der Waals surface area contributed by atoms with Crippen molar-refractivity contribution in [3.05, 3.63) is 130 Å². The van der Waals surface area contributed by atoms with Gasteiger partial charge in [-0.05, 0) is 113 Å². The number of esters is 1. The molecule has 1 atom stereocenters. The quantitative estimate of drug-likeness (QED) is 0.151. The van der Waals surface area contributed by atoms with E-state index in [0.29, 0.717) is 11.1 Å². The minimum atomic E-state index is -1.03. The monoisotopic (exact) mass is 579 g/mol. The molecular formula is C39H37N3O2. The molecule has 0 N–H and O–H groups in total. The summed E-state index contributed by atoms with van der Waals surface area (Å²) in [4.78, 5) is 17.4. The summed E-state index contributed by atoms with van der Waals surface area (Å²) in [5.41, 5.74) is 6.73. The third-order valence-electron chi connectivity index (χ3n) is 7.37. The average Bonchev–Trinajstić information content (AvgIpc) is 3.08. The molecule has 0 amide bonds. The molecule has 0 aliphatic rings. The van der Waals surface area contributed by atoms with E-state index in [1.165, 1.54) is 11.4 Å². The third-order valence-corrected chi connectivity index (χ3v) is 7.37. The first-order chi connectivity index (χ1) is 21.5. The number of ether oxygens (including phenoxy) is 1. The molecule has 4 aromatic rings. The van der Waals surface area contributed by atoms with E-state index in [2.05, 4.69) is 91.5 Å². The molecule has 4 rings (SSSR count). The lowest BCUT2D eigenvalue weighted by molar-refractivity contribution is 0.0404. The van der Waals surface area contributed by atoms with Crippen molar-refractivity contribution in [1.82, 2.24) is 0 Å². The smallest absolute Gasteiger partial charge is 0.339 e. The fourth-order valence-corrected chi connectivity index (χ4v) is 4.75. The van der Waals surface area contributed by atoms with Gasteiger partial charge in [-0.3, -0.25) is 0 Å². The highest BCUT2D eigenvalue weighted by Crippen LogP contribution is 2.20. The molecule has 4 aromatic carbocycles. The summed E-state index contributed by atoms with van der Waals surface area (Å²) in [6.45, 7) is 12.4. The van der Waals surface area contributed by atoms with Gasteiger partial charge >= 0.3 is 5.97 Å². The van der Waals surface area contributed by atoms with E-state index >= 15 is 0 Å². The maximum atomic E-state index is 12.8. The van der Waals surface area contributed by atoms with Gasteiger partial charge in [0.1, 0.15) is 6.07 Å². The van der Waals surface area contributed by atoms with Gasteiger partial charge in [0.2, 0.25) is 6.10 Å². The second-order valence-electron chi connectivity index (χ2n) is 10.1. The molecule has 0 radical (unpaired) electrons. The SMILES string of the molecule is CCN(CC)c1ccc(C#Cc2ccc(C(=O)OC(C#N)c3ccc(C#Cc4ccc(N(CC)CC)cc4)cc3)cc2)cc1. The number of hydrogen-bond donors (Lipinski definition) is 0. The Balaban J connectivity index is 1.35. The van der Waals surface area contributed by atoms with Crippen LogP contribution in [-0.2, 0) is 4.74 Å². The molecule has 0 bridgehead atoms. The Morgan fingerprint density at radius 2 is 0.932 bits per heavy atom. The van der Waals surface area contributed by atoms with Gasteiger partial charge in [0.25, 0.3) is 0 Å². The van der Waals surface area contributed by atoms with E-state index < -0.39 is 12.1 Å².